The van der Waals surface area contributed by atoms with Gasteiger partial charge in [0.1, 0.15) is 17.9 Å². The fourth-order valence-corrected chi connectivity index (χ4v) is 4.56. The standard InChI is InChI=1S/C24H29N7O2/c1-17-11-18(2)31(27-17)23-13-22(25-16-26-23)30-14-19(15-30)24(32)29-9-7-28(8-10-29)20-5-4-6-21(12-20)33-3/h4-6,11-13,16,19H,7-10,14-15H2,1-3H3. The molecule has 0 N–H and O–H groups in total. The first-order chi connectivity index (χ1) is 16.0. The Morgan fingerprint density at radius 1 is 0.970 bits per heavy atom. The molecule has 0 bridgehead atoms. The van der Waals surface area contributed by atoms with Crippen LogP contribution >= 0.6 is 0 Å². The number of ether oxygens (including phenoxy) is 1. The lowest BCUT2D eigenvalue weighted by molar-refractivity contribution is -0.136. The highest BCUT2D eigenvalue weighted by Gasteiger charge is 2.37. The van der Waals surface area contributed by atoms with E-state index in [0.29, 0.717) is 13.1 Å². The number of hydrogen-bond acceptors (Lipinski definition) is 7. The summed E-state index contributed by atoms with van der Waals surface area (Å²) in [6, 6.07) is 12.0. The summed E-state index contributed by atoms with van der Waals surface area (Å²) in [5, 5.41) is 4.50. The van der Waals surface area contributed by atoms with Crippen LogP contribution in [0.25, 0.3) is 5.82 Å². The third-order valence-electron chi connectivity index (χ3n) is 6.43. The number of hydrogen-bond donors (Lipinski definition) is 0. The van der Waals surface area contributed by atoms with Gasteiger partial charge in [0.15, 0.2) is 5.82 Å². The Morgan fingerprint density at radius 3 is 2.42 bits per heavy atom. The lowest BCUT2D eigenvalue weighted by atomic mass is 9.98. The molecule has 0 atom stereocenters. The highest BCUT2D eigenvalue weighted by atomic mass is 16.5. The Hall–Kier alpha value is -3.62. The Kier molecular flexibility index (Phi) is 5.62. The molecule has 3 aromatic rings. The highest BCUT2D eigenvalue weighted by molar-refractivity contribution is 5.82. The van der Waals surface area contributed by atoms with Gasteiger partial charge < -0.3 is 19.4 Å². The number of rotatable bonds is 5. The van der Waals surface area contributed by atoms with Crippen LogP contribution in [-0.4, -0.2) is 76.9 Å². The van der Waals surface area contributed by atoms with Crippen LogP contribution < -0.4 is 14.5 Å². The van der Waals surface area contributed by atoms with Gasteiger partial charge in [0, 0.05) is 62.8 Å². The molecule has 0 saturated carbocycles. The Balaban J connectivity index is 1.16. The van der Waals surface area contributed by atoms with Gasteiger partial charge in [-0.3, -0.25) is 4.79 Å². The van der Waals surface area contributed by atoms with E-state index in [4.69, 9.17) is 4.74 Å². The molecule has 2 fully saturated rings. The van der Waals surface area contributed by atoms with Crippen molar-refractivity contribution in [3.63, 3.8) is 0 Å². The van der Waals surface area contributed by atoms with Gasteiger partial charge in [-0.1, -0.05) is 6.07 Å². The minimum Gasteiger partial charge on any atom is -0.497 e. The molecule has 1 amide bonds. The van der Waals surface area contributed by atoms with E-state index < -0.39 is 0 Å². The number of aryl methyl sites for hydroxylation is 2. The summed E-state index contributed by atoms with van der Waals surface area (Å²) in [5.41, 5.74) is 3.12. The van der Waals surface area contributed by atoms with Gasteiger partial charge in [-0.2, -0.15) is 5.10 Å². The molecule has 5 rings (SSSR count). The molecule has 33 heavy (non-hydrogen) atoms. The Bertz CT molecular complexity index is 1150. The van der Waals surface area contributed by atoms with Crippen molar-refractivity contribution in [1.29, 1.82) is 0 Å². The maximum atomic E-state index is 13.1. The number of nitrogens with zero attached hydrogens (tertiary/aromatic N) is 7. The molecule has 0 radical (unpaired) electrons. The first-order valence-corrected chi connectivity index (χ1v) is 11.3. The smallest absolute Gasteiger partial charge is 0.229 e. The van der Waals surface area contributed by atoms with Crippen LogP contribution in [0.3, 0.4) is 0 Å². The number of carbonyl (C=O) groups is 1. The normalized spacial score (nSPS) is 16.6. The van der Waals surface area contributed by atoms with E-state index in [1.54, 1.807) is 13.4 Å². The number of benzene rings is 1. The van der Waals surface area contributed by atoms with Crippen LogP contribution in [-0.2, 0) is 4.79 Å². The van der Waals surface area contributed by atoms with E-state index in [1.807, 2.05) is 53.8 Å². The third-order valence-corrected chi connectivity index (χ3v) is 6.43. The van der Waals surface area contributed by atoms with Crippen molar-refractivity contribution >= 4 is 17.4 Å². The number of carbonyl (C=O) groups excluding carboxylic acids is 1. The highest BCUT2D eigenvalue weighted by Crippen LogP contribution is 2.27. The summed E-state index contributed by atoms with van der Waals surface area (Å²) in [6.07, 6.45) is 1.56. The maximum Gasteiger partial charge on any atom is 0.229 e. The van der Waals surface area contributed by atoms with Crippen molar-refractivity contribution < 1.29 is 9.53 Å². The van der Waals surface area contributed by atoms with Crippen LogP contribution in [0, 0.1) is 19.8 Å². The van der Waals surface area contributed by atoms with E-state index in [0.717, 1.165) is 60.6 Å². The van der Waals surface area contributed by atoms with Crippen LogP contribution in [0.5, 0.6) is 5.75 Å². The minimum atomic E-state index is 0.0143. The second-order valence-corrected chi connectivity index (χ2v) is 8.69. The van der Waals surface area contributed by atoms with Crippen molar-refractivity contribution in [3.05, 3.63) is 54.1 Å². The van der Waals surface area contributed by atoms with Crippen LogP contribution in [0.2, 0.25) is 0 Å². The minimum absolute atomic E-state index is 0.0143. The predicted octanol–water partition coefficient (Wildman–Crippen LogP) is 2.07. The van der Waals surface area contributed by atoms with Crippen LogP contribution in [0.15, 0.2) is 42.7 Å². The topological polar surface area (TPSA) is 79.6 Å². The Labute approximate surface area is 193 Å². The van der Waals surface area contributed by atoms with E-state index in [-0.39, 0.29) is 11.8 Å². The summed E-state index contributed by atoms with van der Waals surface area (Å²) in [5.74, 6) is 2.68. The summed E-state index contributed by atoms with van der Waals surface area (Å²) in [4.78, 5) is 28.3. The van der Waals surface area contributed by atoms with Gasteiger partial charge >= 0.3 is 0 Å². The van der Waals surface area contributed by atoms with Crippen molar-refractivity contribution in [3.8, 4) is 11.6 Å². The zero-order chi connectivity index (χ0) is 22.9. The number of anilines is 2. The summed E-state index contributed by atoms with van der Waals surface area (Å²) in [6.45, 7) is 8.47. The van der Waals surface area contributed by atoms with Gasteiger partial charge in [0.2, 0.25) is 5.91 Å². The zero-order valence-corrected chi connectivity index (χ0v) is 19.3. The molecule has 2 aliphatic rings. The van der Waals surface area contributed by atoms with E-state index in [1.165, 1.54) is 0 Å². The number of piperazine rings is 1. The number of methoxy groups -OCH3 is 1. The molecule has 0 aliphatic carbocycles. The van der Waals surface area contributed by atoms with E-state index >= 15 is 0 Å². The van der Waals surface area contributed by atoms with Crippen molar-refractivity contribution in [2.45, 2.75) is 13.8 Å². The molecule has 0 unspecified atom stereocenters. The number of amides is 1. The molecular formula is C24H29N7O2. The van der Waals surface area contributed by atoms with Crippen LogP contribution in [0.1, 0.15) is 11.4 Å². The van der Waals surface area contributed by atoms with Gasteiger partial charge in [-0.05, 0) is 32.0 Å². The van der Waals surface area contributed by atoms with Crippen molar-refractivity contribution in [2.75, 3.05) is 56.2 Å². The zero-order valence-electron chi connectivity index (χ0n) is 19.3. The lowest BCUT2D eigenvalue weighted by Crippen LogP contribution is -2.58. The molecule has 2 saturated heterocycles. The largest absolute Gasteiger partial charge is 0.497 e. The second-order valence-electron chi connectivity index (χ2n) is 8.69. The Morgan fingerprint density at radius 2 is 1.73 bits per heavy atom. The van der Waals surface area contributed by atoms with Crippen molar-refractivity contribution in [1.82, 2.24) is 24.6 Å². The lowest BCUT2D eigenvalue weighted by Gasteiger charge is -2.43. The van der Waals surface area contributed by atoms with Crippen LogP contribution in [0.4, 0.5) is 11.5 Å². The van der Waals surface area contributed by atoms with Gasteiger partial charge in [0.25, 0.3) is 0 Å². The fourth-order valence-electron chi connectivity index (χ4n) is 4.56. The van der Waals surface area contributed by atoms with Gasteiger partial charge in [-0.25, -0.2) is 14.6 Å². The van der Waals surface area contributed by atoms with Gasteiger partial charge in [0.05, 0.1) is 18.7 Å². The molecule has 172 valence electrons. The third kappa shape index (κ3) is 4.22. The van der Waals surface area contributed by atoms with Crippen molar-refractivity contribution in [2.24, 2.45) is 5.92 Å². The maximum absolute atomic E-state index is 13.1. The summed E-state index contributed by atoms with van der Waals surface area (Å²) >= 11 is 0. The second kappa shape index (κ2) is 8.73. The summed E-state index contributed by atoms with van der Waals surface area (Å²) < 4.78 is 7.16. The average molecular weight is 448 g/mol. The van der Waals surface area contributed by atoms with Gasteiger partial charge in [-0.15, -0.1) is 0 Å². The molecule has 4 heterocycles. The molecule has 2 aliphatic heterocycles. The molecule has 9 heteroatoms. The molecular weight excluding hydrogens is 418 g/mol. The molecule has 0 spiro atoms. The van der Waals surface area contributed by atoms with E-state index in [9.17, 15) is 4.79 Å². The number of aromatic nitrogens is 4. The fraction of sp³-hybridized carbons (Fsp3) is 0.417. The molecule has 9 nitrogen and oxygen atoms in total. The first-order valence-electron chi connectivity index (χ1n) is 11.3. The SMILES string of the molecule is COc1cccc(N2CCN(C(=O)C3CN(c4cc(-n5nc(C)cc5C)ncn4)C3)CC2)c1. The van der Waals surface area contributed by atoms with E-state index in [2.05, 4.69) is 30.9 Å². The monoisotopic (exact) mass is 447 g/mol. The first kappa shape index (κ1) is 21.2. The molecule has 1 aromatic carbocycles. The summed E-state index contributed by atoms with van der Waals surface area (Å²) in [7, 11) is 1.68. The average Bonchev–Trinajstić information content (AvgIpc) is 3.16. The molecule has 2 aromatic heterocycles. The quantitative estimate of drug-likeness (QED) is 0.592. The predicted molar refractivity (Wildman–Crippen MR) is 126 cm³/mol.